The zero-order chi connectivity index (χ0) is 17.9. The Morgan fingerprint density at radius 3 is 2.04 bits per heavy atom. The first kappa shape index (κ1) is 22.9. The van der Waals surface area contributed by atoms with E-state index in [0.717, 1.165) is 18.3 Å². The molecule has 0 aromatic rings. The van der Waals surface area contributed by atoms with Gasteiger partial charge in [0.05, 0.1) is 17.8 Å². The average molecular weight is 329 g/mol. The highest BCUT2D eigenvalue weighted by Gasteiger charge is 2.20. The van der Waals surface area contributed by atoms with Crippen molar-refractivity contribution in [2.24, 2.45) is 11.8 Å². The molecule has 0 aliphatic rings. The summed E-state index contributed by atoms with van der Waals surface area (Å²) in [6.07, 6.45) is 11.2. The van der Waals surface area contributed by atoms with E-state index in [-0.39, 0.29) is 5.60 Å². The molecule has 0 aromatic heterocycles. The molecule has 140 valence electrons. The van der Waals surface area contributed by atoms with Crippen molar-refractivity contribution in [3.8, 4) is 0 Å². The molecule has 2 nitrogen and oxygen atoms in total. The lowest BCUT2D eigenvalue weighted by Gasteiger charge is -2.27. The summed E-state index contributed by atoms with van der Waals surface area (Å²) in [6.45, 7) is 15.7. The number of rotatable bonds is 14. The topological polar surface area (TPSA) is 29.5 Å². The van der Waals surface area contributed by atoms with Crippen LogP contribution < -0.4 is 0 Å². The van der Waals surface area contributed by atoms with E-state index in [1.54, 1.807) is 0 Å². The van der Waals surface area contributed by atoms with Crippen LogP contribution in [0.25, 0.3) is 0 Å². The standard InChI is InChI=1S/C21H44O2/c1-8-19(17-18(2)3)13-11-9-10-12-14-21(6,7)23-16-15-20(4,5)22/h18-19,22H,8-17H2,1-7H3. The summed E-state index contributed by atoms with van der Waals surface area (Å²) in [5, 5.41) is 9.73. The molecular formula is C21H44O2. The van der Waals surface area contributed by atoms with E-state index in [0.29, 0.717) is 13.0 Å². The second kappa shape index (κ2) is 11.5. The second-order valence-corrected chi connectivity index (χ2v) is 9.03. The fourth-order valence-electron chi connectivity index (χ4n) is 3.14. The van der Waals surface area contributed by atoms with Crippen LogP contribution in [-0.2, 0) is 4.74 Å². The van der Waals surface area contributed by atoms with Gasteiger partial charge in [0, 0.05) is 0 Å². The van der Waals surface area contributed by atoms with E-state index in [9.17, 15) is 5.11 Å². The Morgan fingerprint density at radius 1 is 0.913 bits per heavy atom. The van der Waals surface area contributed by atoms with Crippen LogP contribution in [0.2, 0.25) is 0 Å². The molecule has 0 saturated carbocycles. The van der Waals surface area contributed by atoms with Crippen LogP contribution in [0.3, 0.4) is 0 Å². The highest BCUT2D eigenvalue weighted by atomic mass is 16.5. The van der Waals surface area contributed by atoms with Gasteiger partial charge in [-0.1, -0.05) is 59.3 Å². The van der Waals surface area contributed by atoms with Gasteiger partial charge in [-0.3, -0.25) is 0 Å². The van der Waals surface area contributed by atoms with Crippen LogP contribution in [0.1, 0.15) is 106 Å². The van der Waals surface area contributed by atoms with E-state index in [1.807, 2.05) is 13.8 Å². The highest BCUT2D eigenvalue weighted by molar-refractivity contribution is 4.71. The summed E-state index contributed by atoms with van der Waals surface area (Å²) < 4.78 is 5.95. The van der Waals surface area contributed by atoms with E-state index in [2.05, 4.69) is 34.6 Å². The number of unbranched alkanes of at least 4 members (excludes halogenated alkanes) is 3. The normalized spacial score (nSPS) is 14.5. The van der Waals surface area contributed by atoms with Crippen LogP contribution in [0, 0.1) is 11.8 Å². The monoisotopic (exact) mass is 328 g/mol. The maximum atomic E-state index is 9.73. The maximum Gasteiger partial charge on any atom is 0.0626 e. The Morgan fingerprint density at radius 2 is 1.52 bits per heavy atom. The molecule has 2 heteroatoms. The van der Waals surface area contributed by atoms with Crippen molar-refractivity contribution in [2.45, 2.75) is 117 Å². The van der Waals surface area contributed by atoms with Crippen molar-refractivity contribution >= 4 is 0 Å². The molecule has 0 saturated heterocycles. The van der Waals surface area contributed by atoms with Crippen LogP contribution in [-0.4, -0.2) is 22.9 Å². The highest BCUT2D eigenvalue weighted by Crippen LogP contribution is 2.24. The van der Waals surface area contributed by atoms with Crippen molar-refractivity contribution in [1.82, 2.24) is 0 Å². The molecule has 0 amide bonds. The molecule has 0 rings (SSSR count). The average Bonchev–Trinajstić information content (AvgIpc) is 2.38. The molecule has 23 heavy (non-hydrogen) atoms. The van der Waals surface area contributed by atoms with E-state index < -0.39 is 5.60 Å². The van der Waals surface area contributed by atoms with Gasteiger partial charge in [0.15, 0.2) is 0 Å². The first-order chi connectivity index (χ1) is 10.6. The van der Waals surface area contributed by atoms with Crippen LogP contribution in [0.5, 0.6) is 0 Å². The second-order valence-electron chi connectivity index (χ2n) is 9.03. The number of ether oxygens (including phenoxy) is 1. The lowest BCUT2D eigenvalue weighted by atomic mass is 9.89. The molecule has 0 fully saturated rings. The molecule has 0 heterocycles. The van der Waals surface area contributed by atoms with Gasteiger partial charge in [-0.05, 0) is 58.8 Å². The van der Waals surface area contributed by atoms with Gasteiger partial charge < -0.3 is 9.84 Å². The predicted octanol–water partition coefficient (Wildman–Crippen LogP) is 6.36. The largest absolute Gasteiger partial charge is 0.390 e. The zero-order valence-electron chi connectivity index (χ0n) is 17.1. The molecule has 1 unspecified atom stereocenters. The molecule has 0 bridgehead atoms. The third kappa shape index (κ3) is 15.2. The maximum absolute atomic E-state index is 9.73. The molecule has 0 aliphatic heterocycles. The minimum Gasteiger partial charge on any atom is -0.390 e. The Balaban J connectivity index is 3.69. The lowest BCUT2D eigenvalue weighted by Crippen LogP contribution is -2.28. The van der Waals surface area contributed by atoms with E-state index >= 15 is 0 Å². The van der Waals surface area contributed by atoms with E-state index in [4.69, 9.17) is 4.74 Å². The third-order valence-corrected chi connectivity index (χ3v) is 4.73. The van der Waals surface area contributed by atoms with Crippen LogP contribution in [0.4, 0.5) is 0 Å². The minimum absolute atomic E-state index is 0.0607. The number of aliphatic hydroxyl groups is 1. The van der Waals surface area contributed by atoms with Gasteiger partial charge in [0.2, 0.25) is 0 Å². The van der Waals surface area contributed by atoms with Crippen LogP contribution >= 0.6 is 0 Å². The summed E-state index contributed by atoms with van der Waals surface area (Å²) in [7, 11) is 0. The van der Waals surface area contributed by atoms with Gasteiger partial charge in [0.25, 0.3) is 0 Å². The Bertz CT molecular complexity index is 276. The Hall–Kier alpha value is -0.0800. The first-order valence-corrected chi connectivity index (χ1v) is 9.92. The predicted molar refractivity (Wildman–Crippen MR) is 102 cm³/mol. The van der Waals surface area contributed by atoms with Gasteiger partial charge >= 0.3 is 0 Å². The molecule has 1 N–H and O–H groups in total. The summed E-state index contributed by atoms with van der Waals surface area (Å²) in [6, 6.07) is 0. The Labute approximate surface area is 146 Å². The summed E-state index contributed by atoms with van der Waals surface area (Å²) in [5.74, 6) is 1.76. The Kier molecular flexibility index (Phi) is 11.4. The van der Waals surface area contributed by atoms with Crippen molar-refractivity contribution in [2.75, 3.05) is 6.61 Å². The number of hydrogen-bond acceptors (Lipinski definition) is 2. The van der Waals surface area contributed by atoms with Crippen molar-refractivity contribution in [3.05, 3.63) is 0 Å². The quantitative estimate of drug-likeness (QED) is 0.376. The molecule has 0 aliphatic carbocycles. The fraction of sp³-hybridized carbons (Fsp3) is 1.00. The van der Waals surface area contributed by atoms with Crippen LogP contribution in [0.15, 0.2) is 0 Å². The van der Waals surface area contributed by atoms with Gasteiger partial charge in [-0.2, -0.15) is 0 Å². The summed E-state index contributed by atoms with van der Waals surface area (Å²) in [4.78, 5) is 0. The fourth-order valence-corrected chi connectivity index (χ4v) is 3.14. The van der Waals surface area contributed by atoms with Crippen molar-refractivity contribution in [3.63, 3.8) is 0 Å². The molecule has 0 radical (unpaired) electrons. The third-order valence-electron chi connectivity index (χ3n) is 4.73. The zero-order valence-corrected chi connectivity index (χ0v) is 17.1. The molecule has 0 spiro atoms. The van der Waals surface area contributed by atoms with Crippen molar-refractivity contribution < 1.29 is 9.84 Å². The van der Waals surface area contributed by atoms with Gasteiger partial charge in [0.1, 0.15) is 0 Å². The molecule has 1 atom stereocenters. The summed E-state index contributed by atoms with van der Waals surface area (Å²) >= 11 is 0. The van der Waals surface area contributed by atoms with Gasteiger partial charge in [-0.15, -0.1) is 0 Å². The number of hydrogen-bond donors (Lipinski definition) is 1. The minimum atomic E-state index is -0.623. The van der Waals surface area contributed by atoms with E-state index in [1.165, 1.54) is 44.9 Å². The van der Waals surface area contributed by atoms with Crippen molar-refractivity contribution in [1.29, 1.82) is 0 Å². The van der Waals surface area contributed by atoms with Gasteiger partial charge in [-0.25, -0.2) is 0 Å². The smallest absolute Gasteiger partial charge is 0.0626 e. The SMILES string of the molecule is CCC(CCCCCCC(C)(C)OCCC(C)(C)O)CC(C)C. The first-order valence-electron chi connectivity index (χ1n) is 9.92. The molecular weight excluding hydrogens is 284 g/mol. The lowest BCUT2D eigenvalue weighted by molar-refractivity contribution is -0.0510. The summed E-state index contributed by atoms with van der Waals surface area (Å²) in [5.41, 5.74) is -0.684. The molecule has 0 aromatic carbocycles.